The molecule has 2 N–H and O–H groups in total. The number of hydrogen-bond donors (Lipinski definition) is 2. The lowest BCUT2D eigenvalue weighted by Gasteiger charge is -2.21. The van der Waals surface area contributed by atoms with E-state index in [-0.39, 0.29) is 0 Å². The number of allylic oxidation sites excluding steroid dienone is 3. The zero-order valence-electron chi connectivity index (χ0n) is 13.9. The van der Waals surface area contributed by atoms with Crippen LogP contribution in [0.5, 0.6) is 0 Å². The lowest BCUT2D eigenvalue weighted by Crippen LogP contribution is -2.28. The molecule has 0 saturated heterocycles. The van der Waals surface area contributed by atoms with Crippen LogP contribution in [-0.4, -0.2) is 24.8 Å². The number of nitrogens with zero attached hydrogens (tertiary/aromatic N) is 3. The van der Waals surface area contributed by atoms with Crippen molar-refractivity contribution in [2.45, 2.75) is 19.4 Å². The molecule has 122 valence electrons. The van der Waals surface area contributed by atoms with E-state index in [0.29, 0.717) is 29.4 Å². The summed E-state index contributed by atoms with van der Waals surface area (Å²) in [5.74, 6) is 0. The average Bonchev–Trinajstić information content (AvgIpc) is 2.59. The Kier molecular flexibility index (Phi) is 4.42. The molecule has 5 nitrogen and oxygen atoms in total. The maximum absolute atomic E-state index is 4.27. The van der Waals surface area contributed by atoms with Gasteiger partial charge in [-0.15, -0.1) is 0 Å². The predicted molar refractivity (Wildman–Crippen MR) is 102 cm³/mol. The van der Waals surface area contributed by atoms with Crippen LogP contribution in [0, 0.1) is 0 Å². The SMILES string of the molecule is C=C1CCc2ccc(CNC(=C)C3=NC=NC(=C)C3=NC)cc2N1. The number of nitrogens with one attached hydrogen (secondary N) is 2. The molecule has 1 aromatic rings. The summed E-state index contributed by atoms with van der Waals surface area (Å²) < 4.78 is 0. The first-order valence-corrected chi connectivity index (χ1v) is 7.85. The van der Waals surface area contributed by atoms with Crippen LogP contribution in [0.25, 0.3) is 0 Å². The van der Waals surface area contributed by atoms with Gasteiger partial charge in [0.25, 0.3) is 0 Å². The van der Waals surface area contributed by atoms with Crippen LogP contribution in [0.15, 0.2) is 70.0 Å². The van der Waals surface area contributed by atoms with Crippen molar-refractivity contribution in [1.29, 1.82) is 0 Å². The van der Waals surface area contributed by atoms with Gasteiger partial charge in [-0.3, -0.25) is 4.99 Å². The van der Waals surface area contributed by atoms with Gasteiger partial charge in [0.05, 0.1) is 11.4 Å². The van der Waals surface area contributed by atoms with E-state index in [4.69, 9.17) is 0 Å². The van der Waals surface area contributed by atoms with Crippen LogP contribution in [0.2, 0.25) is 0 Å². The number of fused-ring (bicyclic) bond motifs is 1. The van der Waals surface area contributed by atoms with E-state index < -0.39 is 0 Å². The Morgan fingerprint density at radius 2 is 2.17 bits per heavy atom. The Bertz CT molecular complexity index is 811. The van der Waals surface area contributed by atoms with Crippen molar-refractivity contribution < 1.29 is 0 Å². The number of aliphatic imine (C=N–C) groups is 3. The maximum Gasteiger partial charge on any atom is 0.116 e. The lowest BCUT2D eigenvalue weighted by atomic mass is 9.99. The summed E-state index contributed by atoms with van der Waals surface area (Å²) in [6.07, 6.45) is 3.51. The fourth-order valence-electron chi connectivity index (χ4n) is 2.77. The molecule has 0 bridgehead atoms. The third-order valence-corrected chi connectivity index (χ3v) is 4.10. The summed E-state index contributed by atoms with van der Waals surface area (Å²) in [6.45, 7) is 12.6. The molecule has 0 unspecified atom stereocenters. The molecule has 0 radical (unpaired) electrons. The molecule has 0 aromatic heterocycles. The molecule has 24 heavy (non-hydrogen) atoms. The molecule has 0 aliphatic carbocycles. The van der Waals surface area contributed by atoms with E-state index in [9.17, 15) is 0 Å². The second-order valence-electron chi connectivity index (χ2n) is 5.79. The zero-order chi connectivity index (χ0) is 17.1. The van der Waals surface area contributed by atoms with Crippen molar-refractivity contribution in [1.82, 2.24) is 5.32 Å². The van der Waals surface area contributed by atoms with E-state index in [2.05, 4.69) is 63.5 Å². The van der Waals surface area contributed by atoms with Crippen LogP contribution in [0.1, 0.15) is 17.5 Å². The Balaban J connectivity index is 1.70. The smallest absolute Gasteiger partial charge is 0.116 e. The minimum atomic E-state index is 0.599. The normalized spacial score (nSPS) is 18.0. The average molecular weight is 319 g/mol. The molecule has 0 atom stereocenters. The number of rotatable bonds is 4. The fraction of sp³-hybridized carbons (Fsp3) is 0.211. The number of benzene rings is 1. The molecule has 0 fully saturated rings. The third kappa shape index (κ3) is 3.20. The Hall–Kier alpha value is -2.95. The van der Waals surface area contributed by atoms with Gasteiger partial charge in [0.1, 0.15) is 17.8 Å². The Morgan fingerprint density at radius 1 is 1.33 bits per heavy atom. The van der Waals surface area contributed by atoms with Gasteiger partial charge in [-0.2, -0.15) is 0 Å². The van der Waals surface area contributed by atoms with Gasteiger partial charge in [-0.05, 0) is 30.0 Å². The summed E-state index contributed by atoms with van der Waals surface area (Å²) in [4.78, 5) is 12.5. The van der Waals surface area contributed by atoms with Crippen molar-refractivity contribution in [3.8, 4) is 0 Å². The molecule has 1 aromatic carbocycles. The van der Waals surface area contributed by atoms with Gasteiger partial charge in [0, 0.05) is 25.0 Å². The van der Waals surface area contributed by atoms with E-state index in [1.54, 1.807) is 7.05 Å². The van der Waals surface area contributed by atoms with Gasteiger partial charge in [-0.25, -0.2) is 9.98 Å². The van der Waals surface area contributed by atoms with E-state index >= 15 is 0 Å². The molecule has 0 saturated carbocycles. The van der Waals surface area contributed by atoms with Crippen LogP contribution in [-0.2, 0) is 13.0 Å². The molecule has 3 rings (SSSR count). The largest absolute Gasteiger partial charge is 0.380 e. The molecule has 5 heteroatoms. The number of anilines is 1. The van der Waals surface area contributed by atoms with Crippen molar-refractivity contribution in [2.75, 3.05) is 12.4 Å². The monoisotopic (exact) mass is 319 g/mol. The van der Waals surface area contributed by atoms with E-state index in [1.165, 1.54) is 11.9 Å². The van der Waals surface area contributed by atoms with Crippen molar-refractivity contribution in [2.24, 2.45) is 15.0 Å². The molecule has 0 amide bonds. The van der Waals surface area contributed by atoms with E-state index in [1.807, 2.05) is 0 Å². The van der Waals surface area contributed by atoms with Crippen LogP contribution in [0.4, 0.5) is 5.69 Å². The van der Waals surface area contributed by atoms with Crippen LogP contribution in [0.3, 0.4) is 0 Å². The molecular weight excluding hydrogens is 298 g/mol. The quantitative estimate of drug-likeness (QED) is 0.895. The highest BCUT2D eigenvalue weighted by Crippen LogP contribution is 2.26. The van der Waals surface area contributed by atoms with Crippen molar-refractivity contribution >= 4 is 23.4 Å². The number of hydrogen-bond acceptors (Lipinski definition) is 5. The third-order valence-electron chi connectivity index (χ3n) is 4.10. The van der Waals surface area contributed by atoms with Crippen LogP contribution >= 0.6 is 0 Å². The van der Waals surface area contributed by atoms with Crippen molar-refractivity contribution in [3.05, 3.63) is 66.2 Å². The molecular formula is C19H21N5. The molecule has 0 spiro atoms. The first-order chi connectivity index (χ1) is 11.6. The minimum Gasteiger partial charge on any atom is -0.380 e. The second-order valence-corrected chi connectivity index (χ2v) is 5.79. The predicted octanol–water partition coefficient (Wildman–Crippen LogP) is 3.23. The standard InChI is InChI=1S/C19H21N5/c1-12-5-7-16-8-6-15(9-17(16)24-12)10-21-14(3)19-18(20-4)13(2)22-11-23-19/h6,8-9,11,21,24H,1-3,5,7,10H2,4H3. The van der Waals surface area contributed by atoms with Gasteiger partial charge in [-0.1, -0.05) is 31.9 Å². The topological polar surface area (TPSA) is 61.1 Å². The summed E-state index contributed by atoms with van der Waals surface area (Å²) in [7, 11) is 1.70. The summed E-state index contributed by atoms with van der Waals surface area (Å²) in [5, 5.41) is 6.67. The van der Waals surface area contributed by atoms with Gasteiger partial charge in [0.15, 0.2) is 0 Å². The first kappa shape index (κ1) is 15.9. The zero-order valence-corrected chi connectivity index (χ0v) is 13.9. The summed E-state index contributed by atoms with van der Waals surface area (Å²) in [5.41, 5.74) is 7.35. The van der Waals surface area contributed by atoms with Gasteiger partial charge < -0.3 is 10.6 Å². The maximum atomic E-state index is 4.27. The number of aryl methyl sites for hydroxylation is 1. The fourth-order valence-corrected chi connectivity index (χ4v) is 2.77. The van der Waals surface area contributed by atoms with Crippen LogP contribution < -0.4 is 10.6 Å². The first-order valence-electron chi connectivity index (χ1n) is 7.85. The molecule has 2 heterocycles. The molecule has 2 aliphatic rings. The van der Waals surface area contributed by atoms with Gasteiger partial charge in [0.2, 0.25) is 0 Å². The highest BCUT2D eigenvalue weighted by Gasteiger charge is 2.18. The van der Waals surface area contributed by atoms with E-state index in [0.717, 1.165) is 29.8 Å². The Labute approximate surface area is 142 Å². The lowest BCUT2D eigenvalue weighted by molar-refractivity contribution is 0.843. The highest BCUT2D eigenvalue weighted by molar-refractivity contribution is 6.54. The minimum absolute atomic E-state index is 0.599. The molecule has 2 aliphatic heterocycles. The van der Waals surface area contributed by atoms with Gasteiger partial charge >= 0.3 is 0 Å². The summed E-state index contributed by atoms with van der Waals surface area (Å²) in [6, 6.07) is 6.45. The summed E-state index contributed by atoms with van der Waals surface area (Å²) >= 11 is 0. The van der Waals surface area contributed by atoms with Crippen molar-refractivity contribution in [3.63, 3.8) is 0 Å². The Morgan fingerprint density at radius 3 is 2.96 bits per heavy atom. The highest BCUT2D eigenvalue weighted by atomic mass is 15.0. The second kappa shape index (κ2) is 6.66.